The Morgan fingerprint density at radius 2 is 1.83 bits per heavy atom. The van der Waals surface area contributed by atoms with Gasteiger partial charge in [0.25, 0.3) is 0 Å². The lowest BCUT2D eigenvalue weighted by Gasteiger charge is -2.12. The second kappa shape index (κ2) is 9.52. The number of methoxy groups -OCH3 is 1. The maximum atomic E-state index is 12.4. The zero-order valence-electron chi connectivity index (χ0n) is 16.9. The average Bonchev–Trinajstić information content (AvgIpc) is 3.08. The molecule has 0 saturated heterocycles. The summed E-state index contributed by atoms with van der Waals surface area (Å²) in [6, 6.07) is 12.9. The van der Waals surface area contributed by atoms with E-state index in [1.807, 2.05) is 44.4 Å². The monoisotopic (exact) mass is 413 g/mol. The minimum Gasteiger partial charge on any atom is -0.493 e. The van der Waals surface area contributed by atoms with E-state index in [1.54, 1.807) is 30.0 Å². The third kappa shape index (κ3) is 5.12. The quantitative estimate of drug-likeness (QED) is 0.382. The normalized spacial score (nSPS) is 10.6. The number of hydrogen-bond donors (Lipinski definition) is 0. The first-order valence-electron chi connectivity index (χ1n) is 9.04. The number of carbonyl (C=O) groups is 1. The fourth-order valence-electron chi connectivity index (χ4n) is 2.73. The lowest BCUT2D eigenvalue weighted by Crippen LogP contribution is -2.06. The predicted octanol–water partition coefficient (Wildman–Crippen LogP) is 4.96. The highest BCUT2D eigenvalue weighted by Crippen LogP contribution is 2.30. The van der Waals surface area contributed by atoms with Crippen molar-refractivity contribution in [3.63, 3.8) is 0 Å². The summed E-state index contributed by atoms with van der Waals surface area (Å²) < 4.78 is 21.8. The Hall–Kier alpha value is -2.93. The van der Waals surface area contributed by atoms with Gasteiger partial charge in [0, 0.05) is 4.90 Å². The van der Waals surface area contributed by atoms with Crippen LogP contribution in [0.5, 0.6) is 11.5 Å². The van der Waals surface area contributed by atoms with E-state index in [9.17, 15) is 4.79 Å². The fraction of sp³-hybridized carbons (Fsp3) is 0.273. The van der Waals surface area contributed by atoms with E-state index in [4.69, 9.17) is 18.7 Å². The van der Waals surface area contributed by atoms with Crippen molar-refractivity contribution < 1.29 is 23.5 Å². The molecule has 0 spiro atoms. The molecule has 6 nitrogen and oxygen atoms in total. The van der Waals surface area contributed by atoms with Gasteiger partial charge in [0.15, 0.2) is 11.5 Å². The summed E-state index contributed by atoms with van der Waals surface area (Å²) in [5.41, 5.74) is 3.00. The predicted molar refractivity (Wildman–Crippen MR) is 111 cm³/mol. The number of rotatable bonds is 8. The van der Waals surface area contributed by atoms with Gasteiger partial charge in [-0.2, -0.15) is 0 Å². The van der Waals surface area contributed by atoms with Gasteiger partial charge in [-0.05, 0) is 56.0 Å². The van der Waals surface area contributed by atoms with E-state index < -0.39 is 5.97 Å². The van der Waals surface area contributed by atoms with Gasteiger partial charge >= 0.3 is 5.97 Å². The van der Waals surface area contributed by atoms with Crippen LogP contribution in [0.1, 0.15) is 32.9 Å². The van der Waals surface area contributed by atoms with Crippen molar-refractivity contribution in [3.05, 3.63) is 70.6 Å². The molecule has 0 atom stereocenters. The summed E-state index contributed by atoms with van der Waals surface area (Å²) in [4.78, 5) is 13.6. The molecular weight excluding hydrogens is 390 g/mol. The first-order chi connectivity index (χ1) is 14.0. The summed E-state index contributed by atoms with van der Waals surface area (Å²) in [5, 5.41) is 3.91. The van der Waals surface area contributed by atoms with Crippen molar-refractivity contribution >= 4 is 17.7 Å². The van der Waals surface area contributed by atoms with E-state index in [1.165, 1.54) is 7.11 Å². The number of aromatic nitrogens is 1. The largest absolute Gasteiger partial charge is 0.493 e. The van der Waals surface area contributed by atoms with Crippen molar-refractivity contribution in [2.24, 2.45) is 0 Å². The van der Waals surface area contributed by atoms with Gasteiger partial charge < -0.3 is 18.7 Å². The molecule has 0 unspecified atom stereocenters. The van der Waals surface area contributed by atoms with Crippen LogP contribution in [-0.4, -0.2) is 24.5 Å². The molecule has 1 aromatic heterocycles. The summed E-state index contributed by atoms with van der Waals surface area (Å²) in [6.07, 6.45) is 2.02. The number of benzene rings is 2. The number of aryl methyl sites for hydroxylation is 2. The first-order valence-corrected chi connectivity index (χ1v) is 10.3. The molecule has 0 N–H and O–H groups in total. The van der Waals surface area contributed by atoms with Gasteiger partial charge in [0.2, 0.25) is 0 Å². The van der Waals surface area contributed by atoms with Crippen LogP contribution in [0.3, 0.4) is 0 Å². The van der Waals surface area contributed by atoms with E-state index in [0.29, 0.717) is 29.4 Å². The summed E-state index contributed by atoms with van der Waals surface area (Å²) >= 11 is 1.67. The van der Waals surface area contributed by atoms with Gasteiger partial charge in [-0.1, -0.05) is 17.3 Å². The maximum absolute atomic E-state index is 12.4. The first kappa shape index (κ1) is 20.8. The average molecular weight is 413 g/mol. The molecule has 0 aliphatic carbocycles. The Morgan fingerprint density at radius 3 is 2.45 bits per heavy atom. The van der Waals surface area contributed by atoms with E-state index in [2.05, 4.69) is 5.16 Å². The van der Waals surface area contributed by atoms with Crippen LogP contribution >= 0.6 is 11.8 Å². The highest BCUT2D eigenvalue weighted by Gasteiger charge is 2.15. The minimum atomic E-state index is -0.422. The smallest absolute Gasteiger partial charge is 0.338 e. The number of hydrogen-bond acceptors (Lipinski definition) is 7. The molecule has 1 heterocycles. The molecule has 3 rings (SSSR count). The molecule has 2 aromatic carbocycles. The van der Waals surface area contributed by atoms with Gasteiger partial charge in [0.05, 0.1) is 23.9 Å². The van der Waals surface area contributed by atoms with Crippen molar-refractivity contribution in [2.45, 2.75) is 32.0 Å². The number of ether oxygens (including phenoxy) is 3. The summed E-state index contributed by atoms with van der Waals surface area (Å²) in [6.45, 7) is 4.21. The van der Waals surface area contributed by atoms with Crippen LogP contribution in [0.25, 0.3) is 0 Å². The number of thioether (sulfide) groups is 1. The van der Waals surface area contributed by atoms with Crippen LogP contribution in [0.2, 0.25) is 0 Å². The van der Waals surface area contributed by atoms with E-state index >= 15 is 0 Å². The summed E-state index contributed by atoms with van der Waals surface area (Å²) in [7, 11) is 1.53. The molecule has 0 saturated carbocycles. The van der Waals surface area contributed by atoms with E-state index in [-0.39, 0.29) is 6.61 Å². The van der Waals surface area contributed by atoms with Crippen molar-refractivity contribution in [3.8, 4) is 11.5 Å². The molecule has 152 valence electrons. The number of esters is 1. The molecular formula is C22H23NO5S. The van der Waals surface area contributed by atoms with Crippen molar-refractivity contribution in [1.82, 2.24) is 5.16 Å². The highest BCUT2D eigenvalue weighted by molar-refractivity contribution is 7.98. The van der Waals surface area contributed by atoms with Crippen LogP contribution in [0.4, 0.5) is 0 Å². The molecule has 0 bridgehead atoms. The molecule has 0 radical (unpaired) electrons. The SMILES string of the molecule is COc1cc(C(=O)OCc2ccc(SC)cc2)ccc1OCc1c(C)noc1C. The van der Waals surface area contributed by atoms with E-state index in [0.717, 1.165) is 21.7 Å². The minimum absolute atomic E-state index is 0.208. The molecule has 29 heavy (non-hydrogen) atoms. The van der Waals surface area contributed by atoms with Crippen molar-refractivity contribution in [2.75, 3.05) is 13.4 Å². The second-order valence-electron chi connectivity index (χ2n) is 6.38. The zero-order valence-corrected chi connectivity index (χ0v) is 17.7. The standard InChI is InChI=1S/C22H23NO5S/c1-14-19(15(2)28-23-14)13-26-20-10-7-17(11-21(20)25-3)22(24)27-12-16-5-8-18(29-4)9-6-16/h5-11H,12-13H2,1-4H3. The van der Waals surface area contributed by atoms with Gasteiger partial charge in [0.1, 0.15) is 19.0 Å². The lowest BCUT2D eigenvalue weighted by atomic mass is 10.2. The molecule has 0 aliphatic rings. The molecule has 0 fully saturated rings. The van der Waals surface area contributed by atoms with Gasteiger partial charge in [-0.15, -0.1) is 11.8 Å². The van der Waals surface area contributed by atoms with Gasteiger partial charge in [-0.3, -0.25) is 0 Å². The molecule has 0 amide bonds. The molecule has 3 aromatic rings. The van der Waals surface area contributed by atoms with Crippen LogP contribution in [0, 0.1) is 13.8 Å². The third-order valence-electron chi connectivity index (χ3n) is 4.48. The Labute approximate surface area is 174 Å². The number of nitrogens with zero attached hydrogens (tertiary/aromatic N) is 1. The second-order valence-corrected chi connectivity index (χ2v) is 7.26. The van der Waals surface area contributed by atoms with Gasteiger partial charge in [-0.25, -0.2) is 4.79 Å². The van der Waals surface area contributed by atoms with Crippen molar-refractivity contribution in [1.29, 1.82) is 0 Å². The molecule has 0 aliphatic heterocycles. The van der Waals surface area contributed by atoms with Crippen LogP contribution in [-0.2, 0) is 18.0 Å². The highest BCUT2D eigenvalue weighted by atomic mass is 32.2. The Kier molecular flexibility index (Phi) is 6.82. The Bertz CT molecular complexity index is 962. The van der Waals surface area contributed by atoms with Crippen LogP contribution < -0.4 is 9.47 Å². The number of carbonyl (C=O) groups excluding carboxylic acids is 1. The Morgan fingerprint density at radius 1 is 1.07 bits per heavy atom. The zero-order chi connectivity index (χ0) is 20.8. The summed E-state index contributed by atoms with van der Waals surface area (Å²) in [5.74, 6) is 1.27. The lowest BCUT2D eigenvalue weighted by molar-refractivity contribution is 0.0472. The topological polar surface area (TPSA) is 70.8 Å². The fourth-order valence-corrected chi connectivity index (χ4v) is 3.13. The van der Waals surface area contributed by atoms with Crippen LogP contribution in [0.15, 0.2) is 51.9 Å². The maximum Gasteiger partial charge on any atom is 0.338 e. The third-order valence-corrected chi connectivity index (χ3v) is 5.23. The molecule has 7 heteroatoms. The Balaban J connectivity index is 1.64.